The minimum atomic E-state index is -0.506. The molecule has 1 aliphatic heterocycles. The third kappa shape index (κ3) is 5.15. The molecule has 0 saturated carbocycles. The zero-order chi connectivity index (χ0) is 12.0. The Morgan fingerprint density at radius 1 is 1.44 bits per heavy atom. The second kappa shape index (κ2) is 6.43. The normalized spacial score (nSPS) is 25.2. The van der Waals surface area contributed by atoms with Crippen LogP contribution in [0.1, 0.15) is 47.0 Å². The van der Waals surface area contributed by atoms with Crippen LogP contribution in [0, 0.1) is 0 Å². The molecule has 1 rings (SSSR count). The Morgan fingerprint density at radius 2 is 2.19 bits per heavy atom. The zero-order valence-corrected chi connectivity index (χ0v) is 10.9. The van der Waals surface area contributed by atoms with Crippen LogP contribution in [0.5, 0.6) is 0 Å². The molecule has 4 heteroatoms. The van der Waals surface area contributed by atoms with Crippen molar-refractivity contribution < 1.29 is 14.0 Å². The largest absolute Gasteiger partial charge is 0.640 e. The van der Waals surface area contributed by atoms with Gasteiger partial charge in [0, 0.05) is 12.7 Å². The fraction of sp³-hybridized carbons (Fsp3) is 0.833. The highest BCUT2D eigenvalue weighted by atomic mass is 16.7. The molecule has 92 valence electrons. The third-order valence-corrected chi connectivity index (χ3v) is 2.48. The first-order valence-electron chi connectivity index (χ1n) is 6.13. The van der Waals surface area contributed by atoms with Crippen molar-refractivity contribution in [2.24, 2.45) is 0 Å². The molecule has 0 radical (unpaired) electrons. The maximum absolute atomic E-state index is 5.68. The second-order valence-electron chi connectivity index (χ2n) is 4.86. The van der Waals surface area contributed by atoms with E-state index in [4.69, 9.17) is 14.0 Å². The van der Waals surface area contributed by atoms with Crippen LogP contribution in [0.3, 0.4) is 0 Å². The summed E-state index contributed by atoms with van der Waals surface area (Å²) in [5, 5.41) is 0. The number of hydrogen-bond acceptors (Lipinski definition) is 3. The van der Waals surface area contributed by atoms with Crippen molar-refractivity contribution in [3.05, 3.63) is 12.2 Å². The highest BCUT2D eigenvalue weighted by Gasteiger charge is 2.38. The van der Waals surface area contributed by atoms with Gasteiger partial charge in [-0.05, 0) is 40.0 Å². The van der Waals surface area contributed by atoms with E-state index in [1.165, 1.54) is 0 Å². The SMILES string of the molecule is CC/C=C/CCOB1OC(C)CC(C)(C)O1. The molecule has 0 spiro atoms. The van der Waals surface area contributed by atoms with E-state index in [0.29, 0.717) is 6.61 Å². The zero-order valence-electron chi connectivity index (χ0n) is 10.9. The van der Waals surface area contributed by atoms with Crippen LogP contribution in [-0.4, -0.2) is 25.6 Å². The van der Waals surface area contributed by atoms with Crippen molar-refractivity contribution in [1.82, 2.24) is 0 Å². The molecule has 1 aliphatic rings. The predicted molar refractivity (Wildman–Crippen MR) is 66.1 cm³/mol. The average molecular weight is 226 g/mol. The second-order valence-corrected chi connectivity index (χ2v) is 4.86. The van der Waals surface area contributed by atoms with Crippen LogP contribution in [0.4, 0.5) is 0 Å². The van der Waals surface area contributed by atoms with Crippen molar-refractivity contribution in [3.8, 4) is 0 Å². The first kappa shape index (κ1) is 13.7. The lowest BCUT2D eigenvalue weighted by atomic mass is 9.95. The summed E-state index contributed by atoms with van der Waals surface area (Å²) in [6.07, 6.45) is 7.34. The Balaban J connectivity index is 2.23. The summed E-state index contributed by atoms with van der Waals surface area (Å²) < 4.78 is 16.8. The molecule has 0 aromatic carbocycles. The topological polar surface area (TPSA) is 27.7 Å². The van der Waals surface area contributed by atoms with Gasteiger partial charge in [-0.15, -0.1) is 0 Å². The van der Waals surface area contributed by atoms with Gasteiger partial charge in [-0.2, -0.15) is 0 Å². The van der Waals surface area contributed by atoms with Crippen molar-refractivity contribution >= 4 is 7.32 Å². The molecule has 1 heterocycles. The molecule has 0 N–H and O–H groups in total. The number of rotatable bonds is 5. The quantitative estimate of drug-likeness (QED) is 0.409. The lowest BCUT2D eigenvalue weighted by molar-refractivity contribution is -0.0685. The van der Waals surface area contributed by atoms with Gasteiger partial charge in [0.1, 0.15) is 0 Å². The molecule has 0 aromatic rings. The molecule has 1 saturated heterocycles. The van der Waals surface area contributed by atoms with Crippen LogP contribution in [0.2, 0.25) is 0 Å². The van der Waals surface area contributed by atoms with Crippen molar-refractivity contribution in [3.63, 3.8) is 0 Å². The van der Waals surface area contributed by atoms with Gasteiger partial charge >= 0.3 is 7.32 Å². The van der Waals surface area contributed by atoms with E-state index in [1.54, 1.807) is 0 Å². The molecular weight excluding hydrogens is 203 g/mol. The maximum atomic E-state index is 5.68. The standard InChI is InChI=1S/C12H23BO3/c1-5-6-7-8-9-14-13-15-11(2)10-12(3,4)16-13/h6-7,11H,5,8-10H2,1-4H3/b7-6+. The lowest BCUT2D eigenvalue weighted by Gasteiger charge is -2.37. The van der Waals surface area contributed by atoms with E-state index >= 15 is 0 Å². The monoisotopic (exact) mass is 226 g/mol. The van der Waals surface area contributed by atoms with Crippen molar-refractivity contribution in [2.45, 2.75) is 58.7 Å². The van der Waals surface area contributed by atoms with Gasteiger partial charge in [-0.25, -0.2) is 0 Å². The Bertz CT molecular complexity index is 228. The van der Waals surface area contributed by atoms with Gasteiger partial charge < -0.3 is 14.0 Å². The summed E-state index contributed by atoms with van der Waals surface area (Å²) in [7, 11) is -0.506. The fourth-order valence-corrected chi connectivity index (χ4v) is 1.86. The first-order chi connectivity index (χ1) is 7.53. The lowest BCUT2D eigenvalue weighted by Crippen LogP contribution is -2.47. The summed E-state index contributed by atoms with van der Waals surface area (Å²) in [5.41, 5.74) is -0.151. The molecule has 16 heavy (non-hydrogen) atoms. The summed E-state index contributed by atoms with van der Waals surface area (Å²) in [4.78, 5) is 0. The predicted octanol–water partition coefficient (Wildman–Crippen LogP) is 2.95. The van der Waals surface area contributed by atoms with Gasteiger partial charge in [0.2, 0.25) is 0 Å². The van der Waals surface area contributed by atoms with Crippen LogP contribution < -0.4 is 0 Å². The van der Waals surface area contributed by atoms with Crippen molar-refractivity contribution in [1.29, 1.82) is 0 Å². The first-order valence-corrected chi connectivity index (χ1v) is 6.13. The number of hydrogen-bond donors (Lipinski definition) is 0. The van der Waals surface area contributed by atoms with Gasteiger partial charge in [0.15, 0.2) is 0 Å². The van der Waals surface area contributed by atoms with Crippen molar-refractivity contribution in [2.75, 3.05) is 6.61 Å². The van der Waals surface area contributed by atoms with Crippen LogP contribution in [0.25, 0.3) is 0 Å². The smallest absolute Gasteiger partial charge is 0.386 e. The van der Waals surface area contributed by atoms with Crippen LogP contribution in [0.15, 0.2) is 12.2 Å². The minimum Gasteiger partial charge on any atom is -0.386 e. The molecule has 3 nitrogen and oxygen atoms in total. The summed E-state index contributed by atoms with van der Waals surface area (Å²) in [5.74, 6) is 0. The Hall–Kier alpha value is -0.315. The minimum absolute atomic E-state index is 0.151. The highest BCUT2D eigenvalue weighted by Crippen LogP contribution is 2.25. The molecule has 0 bridgehead atoms. The number of allylic oxidation sites excluding steroid dienone is 1. The van der Waals surface area contributed by atoms with Gasteiger partial charge in [0.05, 0.1) is 5.60 Å². The molecule has 1 unspecified atom stereocenters. The van der Waals surface area contributed by atoms with Crippen LogP contribution in [-0.2, 0) is 14.0 Å². The summed E-state index contributed by atoms with van der Waals surface area (Å²) >= 11 is 0. The van der Waals surface area contributed by atoms with E-state index in [2.05, 4.69) is 39.8 Å². The van der Waals surface area contributed by atoms with Crippen LogP contribution >= 0.6 is 0 Å². The molecule has 0 amide bonds. The van der Waals surface area contributed by atoms with E-state index in [9.17, 15) is 0 Å². The van der Waals surface area contributed by atoms with E-state index in [0.717, 1.165) is 19.3 Å². The molecule has 1 atom stereocenters. The van der Waals surface area contributed by atoms with Gasteiger partial charge in [0.25, 0.3) is 0 Å². The van der Waals surface area contributed by atoms with E-state index in [1.807, 2.05) is 0 Å². The Kier molecular flexibility index (Phi) is 5.52. The maximum Gasteiger partial charge on any atom is 0.640 e. The molecular formula is C12H23BO3. The highest BCUT2D eigenvalue weighted by molar-refractivity contribution is 6.36. The van der Waals surface area contributed by atoms with E-state index < -0.39 is 7.32 Å². The van der Waals surface area contributed by atoms with E-state index in [-0.39, 0.29) is 11.7 Å². The summed E-state index contributed by atoms with van der Waals surface area (Å²) in [6.45, 7) is 8.95. The molecule has 0 aromatic heterocycles. The fourth-order valence-electron chi connectivity index (χ4n) is 1.86. The van der Waals surface area contributed by atoms with Gasteiger partial charge in [-0.1, -0.05) is 19.1 Å². The Labute approximate surface area is 99.3 Å². The average Bonchev–Trinajstić information content (AvgIpc) is 2.14. The molecule has 1 fully saturated rings. The van der Waals surface area contributed by atoms with Gasteiger partial charge in [-0.3, -0.25) is 0 Å². The third-order valence-electron chi connectivity index (χ3n) is 2.48. The summed E-state index contributed by atoms with van der Waals surface area (Å²) in [6, 6.07) is 0. The Morgan fingerprint density at radius 3 is 2.81 bits per heavy atom. The molecule has 0 aliphatic carbocycles.